The van der Waals surface area contributed by atoms with Crippen LogP contribution in [0.3, 0.4) is 0 Å². The number of hydrogen-bond acceptors (Lipinski definition) is 11. The highest BCUT2D eigenvalue weighted by Gasteiger charge is 2.34. The molecule has 3 aliphatic rings. The Morgan fingerprint density at radius 3 is 2.57 bits per heavy atom. The summed E-state index contributed by atoms with van der Waals surface area (Å²) in [7, 11) is 0. The second-order valence-corrected chi connectivity index (χ2v) is 14.8. The third-order valence-electron chi connectivity index (χ3n) is 11.0. The number of piperidine rings is 1. The molecule has 13 heteroatoms. The van der Waals surface area contributed by atoms with Crippen molar-refractivity contribution in [3.63, 3.8) is 0 Å². The summed E-state index contributed by atoms with van der Waals surface area (Å²) in [5, 5.41) is 19.5. The molecule has 3 aromatic heterocycles. The van der Waals surface area contributed by atoms with Gasteiger partial charge in [0.15, 0.2) is 5.82 Å². The number of anilines is 1. The molecule has 11 nitrogen and oxygen atoms in total. The molecule has 0 spiro atoms. The summed E-state index contributed by atoms with van der Waals surface area (Å²) in [5.74, 6) is 3.51. The number of halogens is 2. The molecule has 6 heterocycles. The number of phenolic OH excluding ortho intramolecular Hbond substituents is 1. The first-order valence-electron chi connectivity index (χ1n) is 18.4. The van der Waals surface area contributed by atoms with Crippen molar-refractivity contribution in [2.45, 2.75) is 70.6 Å². The normalized spacial score (nSPS) is 20.0. The molecule has 3 aliphatic heterocycles. The Kier molecular flexibility index (Phi) is 9.51. The maximum absolute atomic E-state index is 16.8. The van der Waals surface area contributed by atoms with Gasteiger partial charge in [-0.15, -0.1) is 6.42 Å². The van der Waals surface area contributed by atoms with E-state index in [4.69, 9.17) is 25.4 Å². The second-order valence-electron chi connectivity index (χ2n) is 14.8. The van der Waals surface area contributed by atoms with Crippen LogP contribution in [0.4, 0.5) is 14.6 Å². The predicted molar refractivity (Wildman–Crippen MR) is 197 cm³/mol. The zero-order valence-corrected chi connectivity index (χ0v) is 30.1. The minimum absolute atomic E-state index is 0.0211. The van der Waals surface area contributed by atoms with Crippen molar-refractivity contribution in [1.29, 1.82) is 0 Å². The molecule has 8 rings (SSSR count). The summed E-state index contributed by atoms with van der Waals surface area (Å²) >= 11 is 0. The number of fused-ring (bicyclic) bond motifs is 4. The van der Waals surface area contributed by atoms with E-state index in [-0.39, 0.29) is 51.5 Å². The van der Waals surface area contributed by atoms with Crippen LogP contribution >= 0.6 is 0 Å². The topological polar surface area (TPSA) is 122 Å². The van der Waals surface area contributed by atoms with Crippen molar-refractivity contribution >= 4 is 27.5 Å². The molecule has 2 N–H and O–H groups in total. The van der Waals surface area contributed by atoms with Crippen LogP contribution in [0.25, 0.3) is 32.9 Å². The molecule has 0 amide bonds. The number of nitrogens with zero attached hydrogens (tertiary/aromatic N) is 6. The highest BCUT2D eigenvalue weighted by atomic mass is 19.1. The molecule has 3 atom stereocenters. The quantitative estimate of drug-likeness (QED) is 0.155. The Balaban J connectivity index is 1.03. The van der Waals surface area contributed by atoms with Gasteiger partial charge in [-0.1, -0.05) is 32.8 Å². The Morgan fingerprint density at radius 2 is 1.83 bits per heavy atom. The van der Waals surface area contributed by atoms with Gasteiger partial charge >= 0.3 is 6.01 Å². The van der Waals surface area contributed by atoms with E-state index in [1.807, 2.05) is 6.07 Å². The van der Waals surface area contributed by atoms with Gasteiger partial charge in [-0.3, -0.25) is 9.88 Å². The van der Waals surface area contributed by atoms with Crippen LogP contribution in [0.1, 0.15) is 63.7 Å². The zero-order valence-electron chi connectivity index (χ0n) is 30.1. The van der Waals surface area contributed by atoms with Gasteiger partial charge in [0.1, 0.15) is 47.1 Å². The largest absolute Gasteiger partial charge is 0.508 e. The lowest BCUT2D eigenvalue weighted by atomic mass is 9.96. The number of terminal acetylenes is 1. The summed E-state index contributed by atoms with van der Waals surface area (Å²) < 4.78 is 49.5. The molecule has 53 heavy (non-hydrogen) atoms. The van der Waals surface area contributed by atoms with Crippen LogP contribution in [0.2, 0.25) is 0 Å². The van der Waals surface area contributed by atoms with E-state index in [0.717, 1.165) is 44.5 Å². The summed E-state index contributed by atoms with van der Waals surface area (Å²) in [6.45, 7) is 10.4. The number of pyridine rings is 1. The number of rotatable bonds is 10. The fraction of sp³-hybridized carbons (Fsp3) is 0.450. The highest BCUT2D eigenvalue weighted by molar-refractivity contribution is 6.03. The van der Waals surface area contributed by atoms with E-state index in [0.29, 0.717) is 66.7 Å². The fourth-order valence-corrected chi connectivity index (χ4v) is 7.80. The van der Waals surface area contributed by atoms with Crippen molar-refractivity contribution in [2.24, 2.45) is 5.92 Å². The molecule has 276 valence electrons. The minimum Gasteiger partial charge on any atom is -0.508 e. The first kappa shape index (κ1) is 35.0. The summed E-state index contributed by atoms with van der Waals surface area (Å²) in [6, 6.07) is 8.09. The number of ether oxygens (including phenoxy) is 2. The van der Waals surface area contributed by atoms with E-state index in [9.17, 15) is 9.50 Å². The van der Waals surface area contributed by atoms with Crippen LogP contribution in [0.15, 0.2) is 41.1 Å². The van der Waals surface area contributed by atoms with Crippen molar-refractivity contribution in [3.05, 3.63) is 59.5 Å². The van der Waals surface area contributed by atoms with E-state index < -0.39 is 11.6 Å². The van der Waals surface area contributed by atoms with Crippen LogP contribution in [0.5, 0.6) is 17.6 Å². The molecule has 5 aromatic rings. The number of piperazine rings is 1. The molecule has 3 fully saturated rings. The number of hydrogen-bond donors (Lipinski definition) is 2. The van der Waals surface area contributed by atoms with Gasteiger partial charge in [0.2, 0.25) is 0 Å². The zero-order chi connectivity index (χ0) is 36.8. The Hall–Kier alpha value is -5.06. The van der Waals surface area contributed by atoms with E-state index >= 15 is 4.39 Å². The minimum atomic E-state index is -0.742. The third-order valence-corrected chi connectivity index (χ3v) is 11.0. The number of likely N-dealkylation sites (tertiary alicyclic amines) is 1. The summed E-state index contributed by atoms with van der Waals surface area (Å²) in [5.41, 5.74) is 0.0310. The molecule has 2 bridgehead atoms. The summed E-state index contributed by atoms with van der Waals surface area (Å²) in [6.07, 6.45) is 11.1. The lowest BCUT2D eigenvalue weighted by Crippen LogP contribution is -2.51. The molecule has 3 unspecified atom stereocenters. The van der Waals surface area contributed by atoms with Crippen molar-refractivity contribution in [3.8, 4) is 41.2 Å². The van der Waals surface area contributed by atoms with Crippen molar-refractivity contribution in [2.75, 3.05) is 44.2 Å². The number of aromatic nitrogens is 4. The maximum Gasteiger partial charge on any atom is 0.319 e. The Bertz CT molecular complexity index is 2180. The number of benzene rings is 2. The molecular formula is C40H43F2N7O4. The third kappa shape index (κ3) is 6.93. The molecule has 3 saturated heterocycles. The van der Waals surface area contributed by atoms with Gasteiger partial charge in [0.05, 0.1) is 10.9 Å². The van der Waals surface area contributed by atoms with Gasteiger partial charge in [-0.05, 0) is 60.3 Å². The van der Waals surface area contributed by atoms with Crippen LogP contribution in [-0.4, -0.2) is 87.6 Å². The number of aromatic hydroxyl groups is 1. The van der Waals surface area contributed by atoms with E-state index in [1.54, 1.807) is 6.20 Å². The van der Waals surface area contributed by atoms with Crippen LogP contribution in [-0.2, 0) is 0 Å². The second kappa shape index (κ2) is 14.4. The smallest absolute Gasteiger partial charge is 0.319 e. The van der Waals surface area contributed by atoms with Gasteiger partial charge in [0.25, 0.3) is 5.88 Å². The standard InChI is InChI=1S/C40H43F2N7O4/c1-5-29-32(41)9-6-24-16-27(50)17-30(35(24)29)37-36(42)38-31(19-43-37)39(49-20-25-7-8-26(21-49)44-25)46-40(45-38)51-15-14-48-12-10-28(11-13-48)52-34-18-33(53-47-34)23(4)22(2)3/h1,6,9,16-19,22-23,25-26,28,44,50H,7-8,10-15,20-21H2,2-4H3. The fourth-order valence-electron chi connectivity index (χ4n) is 7.80. The van der Waals surface area contributed by atoms with Gasteiger partial charge < -0.3 is 29.3 Å². The average molecular weight is 724 g/mol. The van der Waals surface area contributed by atoms with Gasteiger partial charge in [0, 0.05) is 73.9 Å². The molecular weight excluding hydrogens is 680 g/mol. The molecule has 2 aromatic carbocycles. The number of nitrogens with one attached hydrogen (secondary N) is 1. The maximum atomic E-state index is 16.8. The number of phenols is 1. The lowest BCUT2D eigenvalue weighted by molar-refractivity contribution is 0.0845. The molecule has 0 radical (unpaired) electrons. The van der Waals surface area contributed by atoms with Crippen LogP contribution < -0.4 is 19.7 Å². The average Bonchev–Trinajstić information content (AvgIpc) is 3.76. The van der Waals surface area contributed by atoms with E-state index in [2.05, 4.69) is 56.9 Å². The predicted octanol–water partition coefficient (Wildman–Crippen LogP) is 6.42. The van der Waals surface area contributed by atoms with Crippen molar-refractivity contribution < 1.29 is 27.9 Å². The Morgan fingerprint density at radius 1 is 1.06 bits per heavy atom. The first-order valence-corrected chi connectivity index (χ1v) is 18.4. The highest BCUT2D eigenvalue weighted by Crippen LogP contribution is 2.39. The Labute approximate surface area is 306 Å². The van der Waals surface area contributed by atoms with E-state index in [1.165, 1.54) is 24.3 Å². The van der Waals surface area contributed by atoms with Crippen molar-refractivity contribution in [1.82, 2.24) is 30.3 Å². The van der Waals surface area contributed by atoms with Gasteiger partial charge in [-0.25, -0.2) is 8.78 Å². The molecule has 0 aliphatic carbocycles. The monoisotopic (exact) mass is 723 g/mol. The first-order chi connectivity index (χ1) is 25.6. The lowest BCUT2D eigenvalue weighted by Gasteiger charge is -2.34. The molecule has 0 saturated carbocycles. The van der Waals surface area contributed by atoms with Gasteiger partial charge in [-0.2, -0.15) is 9.97 Å². The van der Waals surface area contributed by atoms with Crippen LogP contribution in [0, 0.1) is 29.9 Å². The summed E-state index contributed by atoms with van der Waals surface area (Å²) in [4.78, 5) is 18.4. The SMILES string of the molecule is C#Cc1c(F)ccc2cc(O)cc(-c3ncc4c(N5CC6CCC(C5)N6)nc(OCCN5CCC(Oc6cc(C(C)C(C)C)on6)CC5)nc4c3F)c12.